The summed E-state index contributed by atoms with van der Waals surface area (Å²) < 4.78 is 20.7. The van der Waals surface area contributed by atoms with E-state index in [1.54, 1.807) is 6.07 Å². The van der Waals surface area contributed by atoms with Crippen LogP contribution >= 0.6 is 0 Å². The maximum absolute atomic E-state index is 13.8. The van der Waals surface area contributed by atoms with Crippen LogP contribution in [0.5, 0.6) is 5.75 Å². The van der Waals surface area contributed by atoms with Crippen molar-refractivity contribution in [2.75, 3.05) is 27.2 Å². The molecule has 0 atom stereocenters. The molecule has 1 N–H and O–H groups in total. The number of guanidine groups is 1. The first kappa shape index (κ1) is 18.8. The number of aryl methyl sites for hydroxylation is 1. The van der Waals surface area contributed by atoms with Crippen molar-refractivity contribution in [3.05, 3.63) is 47.5 Å². The average molecular weight is 347 g/mol. The summed E-state index contributed by atoms with van der Waals surface area (Å²) in [6.45, 7) is 6.68. The molecule has 0 amide bonds. The van der Waals surface area contributed by atoms with Crippen molar-refractivity contribution in [3.63, 3.8) is 0 Å². The fourth-order valence-electron chi connectivity index (χ4n) is 2.47. The Hall–Kier alpha value is -2.57. The van der Waals surface area contributed by atoms with E-state index in [9.17, 15) is 4.39 Å². The highest BCUT2D eigenvalue weighted by Crippen LogP contribution is 2.18. The second-order valence-electron chi connectivity index (χ2n) is 5.84. The Labute approximate surface area is 148 Å². The summed E-state index contributed by atoms with van der Waals surface area (Å²) in [6, 6.07) is 4.99. The van der Waals surface area contributed by atoms with Crippen LogP contribution in [0.4, 0.5) is 4.39 Å². The summed E-state index contributed by atoms with van der Waals surface area (Å²) in [5, 5.41) is 7.52. The second kappa shape index (κ2) is 9.05. The van der Waals surface area contributed by atoms with Crippen molar-refractivity contribution in [2.45, 2.75) is 26.9 Å². The number of nitrogens with one attached hydrogen (secondary N) is 1. The minimum atomic E-state index is -0.357. The molecule has 0 aliphatic rings. The van der Waals surface area contributed by atoms with E-state index < -0.39 is 0 Å². The molecule has 0 spiro atoms. The van der Waals surface area contributed by atoms with Crippen LogP contribution in [0.3, 0.4) is 0 Å². The average Bonchev–Trinajstić information content (AvgIpc) is 2.99. The molecule has 25 heavy (non-hydrogen) atoms. The van der Waals surface area contributed by atoms with Gasteiger partial charge in [0.05, 0.1) is 26.4 Å². The highest BCUT2D eigenvalue weighted by atomic mass is 19.1. The Kier molecular flexibility index (Phi) is 6.80. The van der Waals surface area contributed by atoms with Gasteiger partial charge in [0.25, 0.3) is 0 Å². The summed E-state index contributed by atoms with van der Waals surface area (Å²) in [5.41, 5.74) is 1.99. The molecule has 0 radical (unpaired) electrons. The first-order chi connectivity index (χ1) is 12.0. The molecule has 7 heteroatoms. The summed E-state index contributed by atoms with van der Waals surface area (Å²) in [5.74, 6) is 0.675. The lowest BCUT2D eigenvalue weighted by atomic mass is 10.2. The van der Waals surface area contributed by atoms with Crippen LogP contribution in [0.25, 0.3) is 0 Å². The molecule has 1 aromatic heterocycles. The van der Waals surface area contributed by atoms with Crippen molar-refractivity contribution >= 4 is 5.96 Å². The third-order valence-corrected chi connectivity index (χ3v) is 3.69. The zero-order chi connectivity index (χ0) is 18.2. The zero-order valence-electron chi connectivity index (χ0n) is 15.3. The number of ether oxygens (including phenoxy) is 1. The summed E-state index contributed by atoms with van der Waals surface area (Å²) in [7, 11) is 3.39. The van der Waals surface area contributed by atoms with Crippen LogP contribution in [0.15, 0.2) is 35.6 Å². The summed E-state index contributed by atoms with van der Waals surface area (Å²) in [4.78, 5) is 6.59. The molecule has 0 aliphatic heterocycles. The number of halogens is 1. The van der Waals surface area contributed by atoms with Gasteiger partial charge in [-0.3, -0.25) is 9.67 Å². The Morgan fingerprint density at radius 3 is 2.84 bits per heavy atom. The fourth-order valence-corrected chi connectivity index (χ4v) is 2.47. The van der Waals surface area contributed by atoms with Gasteiger partial charge in [-0.25, -0.2) is 4.39 Å². The Morgan fingerprint density at radius 1 is 1.44 bits per heavy atom. The standard InChI is InChI=1S/C18H26FN5O/c1-5-20-18(21-8-9-24-12-14(2)11-22-24)23(3)13-15-6-7-17(25-4)16(19)10-15/h6-7,10-12H,5,8-9,13H2,1-4H3,(H,20,21). The smallest absolute Gasteiger partial charge is 0.194 e. The van der Waals surface area contributed by atoms with Crippen LogP contribution < -0.4 is 10.1 Å². The van der Waals surface area contributed by atoms with E-state index in [-0.39, 0.29) is 11.6 Å². The molecular formula is C18H26FN5O. The molecule has 0 fully saturated rings. The van der Waals surface area contributed by atoms with Gasteiger partial charge in [0, 0.05) is 26.3 Å². The molecule has 0 saturated carbocycles. The van der Waals surface area contributed by atoms with E-state index in [0.29, 0.717) is 19.6 Å². The topological polar surface area (TPSA) is 54.7 Å². The molecule has 6 nitrogen and oxygen atoms in total. The molecular weight excluding hydrogens is 321 g/mol. The van der Waals surface area contributed by atoms with E-state index >= 15 is 0 Å². The second-order valence-corrected chi connectivity index (χ2v) is 5.84. The summed E-state index contributed by atoms with van der Waals surface area (Å²) >= 11 is 0. The van der Waals surface area contributed by atoms with Gasteiger partial charge in [-0.15, -0.1) is 0 Å². The number of methoxy groups -OCH3 is 1. The van der Waals surface area contributed by atoms with E-state index in [2.05, 4.69) is 15.4 Å². The Bertz CT molecular complexity index is 713. The van der Waals surface area contributed by atoms with Crippen LogP contribution in [0.1, 0.15) is 18.1 Å². The van der Waals surface area contributed by atoms with Gasteiger partial charge < -0.3 is 15.0 Å². The molecule has 1 aromatic carbocycles. The molecule has 136 valence electrons. The predicted molar refractivity (Wildman–Crippen MR) is 97.4 cm³/mol. The number of rotatable bonds is 7. The van der Waals surface area contributed by atoms with Crippen molar-refractivity contribution in [1.29, 1.82) is 0 Å². The molecule has 2 aromatic rings. The largest absolute Gasteiger partial charge is 0.494 e. The lowest BCUT2D eigenvalue weighted by Crippen LogP contribution is -2.38. The van der Waals surface area contributed by atoms with Gasteiger partial charge in [-0.2, -0.15) is 5.10 Å². The highest BCUT2D eigenvalue weighted by molar-refractivity contribution is 5.79. The quantitative estimate of drug-likeness (QED) is 0.617. The van der Waals surface area contributed by atoms with Crippen molar-refractivity contribution in [1.82, 2.24) is 20.0 Å². The number of aliphatic imine (C=N–C) groups is 1. The normalized spacial score (nSPS) is 11.5. The van der Waals surface area contributed by atoms with Crippen LogP contribution in [-0.2, 0) is 13.1 Å². The van der Waals surface area contributed by atoms with E-state index in [1.165, 1.54) is 13.2 Å². The minimum Gasteiger partial charge on any atom is -0.494 e. The van der Waals surface area contributed by atoms with Gasteiger partial charge >= 0.3 is 0 Å². The third kappa shape index (κ3) is 5.48. The Balaban J connectivity index is 1.99. The van der Waals surface area contributed by atoms with Crippen molar-refractivity contribution in [3.8, 4) is 5.75 Å². The molecule has 0 aliphatic carbocycles. The maximum Gasteiger partial charge on any atom is 0.194 e. The monoisotopic (exact) mass is 347 g/mol. The first-order valence-corrected chi connectivity index (χ1v) is 8.34. The van der Waals surface area contributed by atoms with Crippen molar-refractivity contribution < 1.29 is 9.13 Å². The lowest BCUT2D eigenvalue weighted by molar-refractivity contribution is 0.385. The lowest BCUT2D eigenvalue weighted by Gasteiger charge is -2.22. The molecule has 0 saturated heterocycles. The Morgan fingerprint density at radius 2 is 2.24 bits per heavy atom. The maximum atomic E-state index is 13.8. The molecule has 1 heterocycles. The summed E-state index contributed by atoms with van der Waals surface area (Å²) in [6.07, 6.45) is 3.82. The van der Waals surface area contributed by atoms with E-state index in [0.717, 1.165) is 23.6 Å². The molecule has 0 unspecified atom stereocenters. The SMILES string of the molecule is CCNC(=NCCn1cc(C)cn1)N(C)Cc1ccc(OC)c(F)c1. The van der Waals surface area contributed by atoms with Crippen LogP contribution in [0.2, 0.25) is 0 Å². The van der Waals surface area contributed by atoms with Crippen LogP contribution in [0, 0.1) is 12.7 Å². The highest BCUT2D eigenvalue weighted by Gasteiger charge is 2.09. The number of hydrogen-bond acceptors (Lipinski definition) is 3. The van der Waals surface area contributed by atoms with Crippen molar-refractivity contribution in [2.24, 2.45) is 4.99 Å². The predicted octanol–water partition coefficient (Wildman–Crippen LogP) is 2.44. The number of nitrogens with zero attached hydrogens (tertiary/aromatic N) is 4. The van der Waals surface area contributed by atoms with Gasteiger partial charge in [0.2, 0.25) is 0 Å². The zero-order valence-corrected chi connectivity index (χ0v) is 15.3. The first-order valence-electron chi connectivity index (χ1n) is 8.34. The van der Waals surface area contributed by atoms with Gasteiger partial charge in [-0.05, 0) is 37.1 Å². The van der Waals surface area contributed by atoms with Crippen LogP contribution in [-0.4, -0.2) is 47.9 Å². The van der Waals surface area contributed by atoms with Gasteiger partial charge in [0.1, 0.15) is 0 Å². The minimum absolute atomic E-state index is 0.251. The third-order valence-electron chi connectivity index (χ3n) is 3.69. The van der Waals surface area contributed by atoms with E-state index in [4.69, 9.17) is 4.74 Å². The number of hydrogen-bond donors (Lipinski definition) is 1. The van der Waals surface area contributed by atoms with Gasteiger partial charge in [0.15, 0.2) is 17.5 Å². The number of aromatic nitrogens is 2. The fraction of sp³-hybridized carbons (Fsp3) is 0.444. The molecule has 2 rings (SSSR count). The molecule has 0 bridgehead atoms. The van der Waals surface area contributed by atoms with Gasteiger partial charge in [-0.1, -0.05) is 6.07 Å². The number of benzene rings is 1. The van der Waals surface area contributed by atoms with E-state index in [1.807, 2.05) is 48.9 Å².